The van der Waals surface area contributed by atoms with Crippen molar-refractivity contribution in [3.8, 4) is 0 Å². The van der Waals surface area contributed by atoms with Crippen LogP contribution in [0, 0.1) is 13.8 Å². The average molecular weight is 241 g/mol. The summed E-state index contributed by atoms with van der Waals surface area (Å²) in [4.78, 5) is 15.8. The van der Waals surface area contributed by atoms with E-state index < -0.39 is 0 Å². The van der Waals surface area contributed by atoms with Crippen molar-refractivity contribution in [1.82, 2.24) is 4.98 Å². The Bertz CT molecular complexity index is 482. The number of pyridine rings is 1. The number of hydrogen-bond acceptors (Lipinski definition) is 2. The third kappa shape index (κ3) is 3.31. The Hall–Kier alpha value is -2.36. The molecule has 92 valence electrons. The molecule has 0 aliphatic rings. The molecule has 0 aliphatic heterocycles. The highest BCUT2D eigenvalue weighted by Gasteiger charge is 2.02. The van der Waals surface area contributed by atoms with Crippen LogP contribution in [0.4, 0.5) is 16.3 Å². The van der Waals surface area contributed by atoms with E-state index in [2.05, 4.69) is 15.6 Å². The number of urea groups is 1. The summed E-state index contributed by atoms with van der Waals surface area (Å²) < 4.78 is 0. The van der Waals surface area contributed by atoms with Crippen molar-refractivity contribution in [2.75, 3.05) is 10.6 Å². The lowest BCUT2D eigenvalue weighted by Crippen LogP contribution is -2.19. The van der Waals surface area contributed by atoms with Crippen molar-refractivity contribution < 1.29 is 4.79 Å². The highest BCUT2D eigenvalue weighted by Crippen LogP contribution is 2.09. The number of aromatic nitrogens is 1. The predicted octanol–water partition coefficient (Wildman–Crippen LogP) is 3.34. The zero-order valence-electron chi connectivity index (χ0n) is 10.4. The third-order valence-corrected chi connectivity index (χ3v) is 2.46. The molecule has 2 aromatic rings. The summed E-state index contributed by atoms with van der Waals surface area (Å²) in [5, 5.41) is 5.41. The summed E-state index contributed by atoms with van der Waals surface area (Å²) >= 11 is 0. The van der Waals surface area contributed by atoms with Gasteiger partial charge in [-0.2, -0.15) is 0 Å². The minimum Gasteiger partial charge on any atom is -0.308 e. The van der Waals surface area contributed by atoms with E-state index in [0.29, 0.717) is 5.82 Å². The molecule has 0 fully saturated rings. The van der Waals surface area contributed by atoms with Gasteiger partial charge < -0.3 is 5.32 Å². The van der Waals surface area contributed by atoms with E-state index in [1.165, 1.54) is 0 Å². The Kier molecular flexibility index (Phi) is 3.57. The van der Waals surface area contributed by atoms with E-state index in [9.17, 15) is 4.79 Å². The lowest BCUT2D eigenvalue weighted by atomic mass is 10.2. The molecule has 1 heterocycles. The van der Waals surface area contributed by atoms with Gasteiger partial charge in [0.05, 0.1) is 0 Å². The van der Waals surface area contributed by atoms with Gasteiger partial charge >= 0.3 is 6.03 Å². The smallest absolute Gasteiger partial charge is 0.308 e. The number of anilines is 2. The molecule has 0 spiro atoms. The maximum Gasteiger partial charge on any atom is 0.324 e. The summed E-state index contributed by atoms with van der Waals surface area (Å²) in [6.45, 7) is 3.95. The van der Waals surface area contributed by atoms with Crippen LogP contribution in [0.1, 0.15) is 11.1 Å². The van der Waals surface area contributed by atoms with Crippen molar-refractivity contribution in [3.05, 3.63) is 53.7 Å². The van der Waals surface area contributed by atoms with Crippen molar-refractivity contribution in [2.24, 2.45) is 0 Å². The maximum absolute atomic E-state index is 11.7. The molecule has 0 atom stereocenters. The number of amides is 2. The molecule has 0 bridgehead atoms. The lowest BCUT2D eigenvalue weighted by molar-refractivity contribution is 0.262. The first-order valence-electron chi connectivity index (χ1n) is 5.71. The van der Waals surface area contributed by atoms with Gasteiger partial charge in [-0.25, -0.2) is 9.78 Å². The van der Waals surface area contributed by atoms with E-state index in [-0.39, 0.29) is 6.03 Å². The number of benzene rings is 1. The zero-order chi connectivity index (χ0) is 13.0. The molecule has 0 aliphatic carbocycles. The molecule has 1 aromatic heterocycles. The van der Waals surface area contributed by atoms with Crippen LogP contribution in [0.5, 0.6) is 0 Å². The van der Waals surface area contributed by atoms with Crippen LogP contribution in [0.15, 0.2) is 42.6 Å². The van der Waals surface area contributed by atoms with Crippen molar-refractivity contribution in [2.45, 2.75) is 13.8 Å². The lowest BCUT2D eigenvalue weighted by Gasteiger charge is -2.07. The van der Waals surface area contributed by atoms with Gasteiger partial charge in [-0.05, 0) is 37.6 Å². The summed E-state index contributed by atoms with van der Waals surface area (Å²) in [5.41, 5.74) is 2.96. The summed E-state index contributed by atoms with van der Waals surface area (Å²) in [5.74, 6) is 0.533. The highest BCUT2D eigenvalue weighted by molar-refractivity contribution is 5.99. The van der Waals surface area contributed by atoms with E-state index in [1.54, 1.807) is 12.3 Å². The largest absolute Gasteiger partial charge is 0.324 e. The van der Waals surface area contributed by atoms with Gasteiger partial charge in [0.25, 0.3) is 0 Å². The number of carbonyl (C=O) groups is 1. The van der Waals surface area contributed by atoms with E-state index in [0.717, 1.165) is 16.8 Å². The number of aryl methyl sites for hydroxylation is 2. The van der Waals surface area contributed by atoms with Crippen molar-refractivity contribution in [3.63, 3.8) is 0 Å². The molecular weight excluding hydrogens is 226 g/mol. The van der Waals surface area contributed by atoms with Gasteiger partial charge in [-0.15, -0.1) is 0 Å². The van der Waals surface area contributed by atoms with Crippen LogP contribution in [0.25, 0.3) is 0 Å². The van der Waals surface area contributed by atoms with Gasteiger partial charge in [0, 0.05) is 11.9 Å². The first-order valence-corrected chi connectivity index (χ1v) is 5.71. The second-order valence-electron chi connectivity index (χ2n) is 4.17. The minimum atomic E-state index is -0.296. The van der Waals surface area contributed by atoms with Crippen LogP contribution in [0.2, 0.25) is 0 Å². The van der Waals surface area contributed by atoms with Gasteiger partial charge in [-0.3, -0.25) is 5.32 Å². The fourth-order valence-electron chi connectivity index (χ4n) is 1.46. The number of nitrogens with zero attached hydrogens (tertiary/aromatic N) is 1. The average Bonchev–Trinajstić information content (AvgIpc) is 2.35. The van der Waals surface area contributed by atoms with E-state index in [1.807, 2.05) is 44.2 Å². The molecule has 4 heteroatoms. The Balaban J connectivity index is 1.96. The Morgan fingerprint density at radius 3 is 2.22 bits per heavy atom. The molecular formula is C14H15N3O. The quantitative estimate of drug-likeness (QED) is 0.847. The second kappa shape index (κ2) is 5.31. The number of hydrogen-bond donors (Lipinski definition) is 2. The fraction of sp³-hybridized carbons (Fsp3) is 0.143. The minimum absolute atomic E-state index is 0.296. The highest BCUT2D eigenvalue weighted by atomic mass is 16.2. The summed E-state index contributed by atoms with van der Waals surface area (Å²) in [6.07, 6.45) is 1.71. The zero-order valence-corrected chi connectivity index (χ0v) is 10.4. The van der Waals surface area contributed by atoms with Crippen LogP contribution in [-0.4, -0.2) is 11.0 Å². The SMILES string of the molecule is Cc1ccc(NC(=O)Nc2ccc(C)cn2)cc1. The van der Waals surface area contributed by atoms with Gasteiger partial charge in [0.2, 0.25) is 0 Å². The monoisotopic (exact) mass is 241 g/mol. The van der Waals surface area contributed by atoms with Crippen molar-refractivity contribution >= 4 is 17.5 Å². The molecule has 0 saturated heterocycles. The van der Waals surface area contributed by atoms with Crippen LogP contribution < -0.4 is 10.6 Å². The Morgan fingerprint density at radius 2 is 1.61 bits per heavy atom. The summed E-state index contributed by atoms with van der Waals surface area (Å²) in [7, 11) is 0. The molecule has 4 nitrogen and oxygen atoms in total. The Morgan fingerprint density at radius 1 is 0.944 bits per heavy atom. The van der Waals surface area contributed by atoms with E-state index >= 15 is 0 Å². The number of carbonyl (C=O) groups excluding carboxylic acids is 1. The first-order chi connectivity index (χ1) is 8.63. The molecule has 0 radical (unpaired) electrons. The van der Waals surface area contributed by atoms with E-state index in [4.69, 9.17) is 0 Å². The molecule has 2 amide bonds. The fourth-order valence-corrected chi connectivity index (χ4v) is 1.46. The number of nitrogens with one attached hydrogen (secondary N) is 2. The standard InChI is InChI=1S/C14H15N3O/c1-10-3-6-12(7-4-10)16-14(18)17-13-8-5-11(2)9-15-13/h3-9H,1-2H3,(H2,15,16,17,18). The Labute approximate surface area is 106 Å². The molecule has 0 saturated carbocycles. The van der Waals surface area contributed by atoms with Crippen LogP contribution in [-0.2, 0) is 0 Å². The molecule has 2 N–H and O–H groups in total. The third-order valence-electron chi connectivity index (χ3n) is 2.46. The number of rotatable bonds is 2. The van der Waals surface area contributed by atoms with Crippen LogP contribution >= 0.6 is 0 Å². The predicted molar refractivity (Wildman–Crippen MR) is 72.8 cm³/mol. The maximum atomic E-state index is 11.7. The van der Waals surface area contributed by atoms with Crippen molar-refractivity contribution in [1.29, 1.82) is 0 Å². The first kappa shape index (κ1) is 12.1. The van der Waals surface area contributed by atoms with Gasteiger partial charge in [0.1, 0.15) is 5.82 Å². The molecule has 1 aromatic carbocycles. The molecule has 2 rings (SSSR count). The summed E-state index contributed by atoms with van der Waals surface area (Å²) in [6, 6.07) is 11.0. The molecule has 18 heavy (non-hydrogen) atoms. The topological polar surface area (TPSA) is 54.0 Å². The molecule has 0 unspecified atom stereocenters. The second-order valence-corrected chi connectivity index (χ2v) is 4.17. The van der Waals surface area contributed by atoms with Crippen LogP contribution in [0.3, 0.4) is 0 Å². The van der Waals surface area contributed by atoms with Gasteiger partial charge in [0.15, 0.2) is 0 Å². The normalized spacial score (nSPS) is 9.89. The van der Waals surface area contributed by atoms with Gasteiger partial charge in [-0.1, -0.05) is 23.8 Å².